The average molecular weight is 344 g/mol. The van der Waals surface area contributed by atoms with Crippen molar-refractivity contribution in [2.24, 2.45) is 5.41 Å². The minimum absolute atomic E-state index is 0.0767. The molecule has 0 aromatic heterocycles. The number of aliphatic hydroxyl groups excluding tert-OH is 1. The van der Waals surface area contributed by atoms with E-state index in [-0.39, 0.29) is 12.0 Å². The minimum atomic E-state index is -0.0767. The highest BCUT2D eigenvalue weighted by molar-refractivity contribution is 9.10. The normalized spacial score (nSPS) is 14.2. The average Bonchev–Trinajstić information content (AvgIpc) is 2.49. The number of rotatable bonds is 6. The lowest BCUT2D eigenvalue weighted by atomic mass is 9.83. The van der Waals surface area contributed by atoms with Crippen LogP contribution in [-0.2, 0) is 0 Å². The number of nitrogens with one attached hydrogen (secondary N) is 1. The zero-order valence-electron chi connectivity index (χ0n) is 12.0. The molecule has 2 N–H and O–H groups in total. The molecule has 0 aliphatic carbocycles. The molecule has 0 atom stereocenters. The summed E-state index contributed by atoms with van der Waals surface area (Å²) < 4.78 is 12.1. The number of ether oxygens (including phenoxy) is 2. The Morgan fingerprint density at radius 1 is 1.20 bits per heavy atom. The largest absolute Gasteiger partial charge is 0.486 e. The van der Waals surface area contributed by atoms with E-state index in [4.69, 9.17) is 9.47 Å². The lowest BCUT2D eigenvalue weighted by Gasteiger charge is -2.30. The molecule has 0 bridgehead atoms. The minimum Gasteiger partial charge on any atom is -0.486 e. The van der Waals surface area contributed by atoms with Gasteiger partial charge in [-0.2, -0.15) is 0 Å². The van der Waals surface area contributed by atoms with Crippen LogP contribution in [0.1, 0.15) is 26.7 Å². The first kappa shape index (κ1) is 15.4. The second kappa shape index (κ2) is 6.68. The summed E-state index contributed by atoms with van der Waals surface area (Å²) in [6.07, 6.45) is 1.88. The van der Waals surface area contributed by atoms with Crippen LogP contribution in [-0.4, -0.2) is 31.5 Å². The van der Waals surface area contributed by atoms with Crippen LogP contribution in [0.5, 0.6) is 11.5 Å². The van der Waals surface area contributed by atoms with Crippen LogP contribution in [0.4, 0.5) is 5.69 Å². The fourth-order valence-corrected chi connectivity index (χ4v) is 2.72. The van der Waals surface area contributed by atoms with Crippen molar-refractivity contribution < 1.29 is 14.6 Å². The molecular formula is C15H22BrNO3. The first-order valence-electron chi connectivity index (χ1n) is 7.08. The topological polar surface area (TPSA) is 50.7 Å². The Balaban J connectivity index is 2.13. The Hall–Kier alpha value is -0.940. The smallest absolute Gasteiger partial charge is 0.163 e. The molecule has 4 nitrogen and oxygen atoms in total. The Morgan fingerprint density at radius 2 is 1.80 bits per heavy atom. The van der Waals surface area contributed by atoms with E-state index in [0.29, 0.717) is 13.2 Å². The number of aliphatic hydroxyl groups is 1. The van der Waals surface area contributed by atoms with Crippen LogP contribution in [0.15, 0.2) is 16.6 Å². The van der Waals surface area contributed by atoms with Gasteiger partial charge in [0.2, 0.25) is 0 Å². The molecule has 0 spiro atoms. The van der Waals surface area contributed by atoms with Gasteiger partial charge in [0.25, 0.3) is 0 Å². The van der Waals surface area contributed by atoms with E-state index >= 15 is 0 Å². The molecule has 0 saturated heterocycles. The summed E-state index contributed by atoms with van der Waals surface area (Å²) in [5.74, 6) is 1.54. The number of benzene rings is 1. The van der Waals surface area contributed by atoms with Crippen molar-refractivity contribution in [2.75, 3.05) is 31.7 Å². The van der Waals surface area contributed by atoms with E-state index in [1.165, 1.54) is 0 Å². The highest BCUT2D eigenvalue weighted by Gasteiger charge is 2.25. The van der Waals surface area contributed by atoms with Gasteiger partial charge in [0.15, 0.2) is 11.5 Å². The third-order valence-electron chi connectivity index (χ3n) is 4.12. The monoisotopic (exact) mass is 343 g/mol. The fraction of sp³-hybridized carbons (Fsp3) is 0.600. The van der Waals surface area contributed by atoms with Crippen LogP contribution in [0, 0.1) is 5.41 Å². The highest BCUT2D eigenvalue weighted by atomic mass is 79.9. The van der Waals surface area contributed by atoms with Crippen LogP contribution < -0.4 is 14.8 Å². The Morgan fingerprint density at radius 3 is 2.35 bits per heavy atom. The molecule has 20 heavy (non-hydrogen) atoms. The Kier molecular flexibility index (Phi) is 5.16. The van der Waals surface area contributed by atoms with Gasteiger partial charge in [-0.25, -0.2) is 0 Å². The van der Waals surface area contributed by atoms with Crippen LogP contribution in [0.3, 0.4) is 0 Å². The van der Waals surface area contributed by atoms with Crippen molar-refractivity contribution in [2.45, 2.75) is 26.7 Å². The summed E-state index contributed by atoms with van der Waals surface area (Å²) in [6, 6.07) is 3.88. The molecule has 0 saturated carbocycles. The van der Waals surface area contributed by atoms with E-state index in [9.17, 15) is 5.11 Å². The fourth-order valence-electron chi connectivity index (χ4n) is 2.26. The number of hydrogen-bond donors (Lipinski definition) is 2. The second-order valence-electron chi connectivity index (χ2n) is 5.19. The number of fused-ring (bicyclic) bond motifs is 1. The van der Waals surface area contributed by atoms with Gasteiger partial charge in [0, 0.05) is 28.6 Å². The van der Waals surface area contributed by atoms with Gasteiger partial charge in [-0.05, 0) is 28.8 Å². The van der Waals surface area contributed by atoms with Crippen molar-refractivity contribution in [3.63, 3.8) is 0 Å². The van der Waals surface area contributed by atoms with Crippen molar-refractivity contribution in [1.82, 2.24) is 0 Å². The summed E-state index contributed by atoms with van der Waals surface area (Å²) in [7, 11) is 0. The van der Waals surface area contributed by atoms with Crippen molar-refractivity contribution >= 4 is 21.6 Å². The van der Waals surface area contributed by atoms with Gasteiger partial charge >= 0.3 is 0 Å². The lowest BCUT2D eigenvalue weighted by Crippen LogP contribution is -2.32. The van der Waals surface area contributed by atoms with Gasteiger partial charge < -0.3 is 19.9 Å². The molecule has 1 heterocycles. The maximum absolute atomic E-state index is 9.62. The SMILES string of the molecule is CCC(CC)(CO)CNc1cc2c(cc1Br)OCCO2. The maximum Gasteiger partial charge on any atom is 0.163 e. The summed E-state index contributed by atoms with van der Waals surface area (Å²) >= 11 is 3.55. The molecule has 112 valence electrons. The lowest BCUT2D eigenvalue weighted by molar-refractivity contribution is 0.127. The quantitative estimate of drug-likeness (QED) is 0.830. The molecule has 1 aliphatic heterocycles. The van der Waals surface area contributed by atoms with Gasteiger partial charge in [-0.1, -0.05) is 13.8 Å². The molecule has 2 rings (SSSR count). The van der Waals surface area contributed by atoms with Gasteiger partial charge in [0.05, 0.1) is 12.3 Å². The highest BCUT2D eigenvalue weighted by Crippen LogP contribution is 2.38. The number of anilines is 1. The molecule has 1 aromatic rings. The Bertz CT molecular complexity index is 452. The van der Waals surface area contributed by atoms with Gasteiger partial charge in [-0.3, -0.25) is 0 Å². The zero-order chi connectivity index (χ0) is 14.6. The van der Waals surface area contributed by atoms with Crippen LogP contribution >= 0.6 is 15.9 Å². The van der Waals surface area contributed by atoms with E-state index in [0.717, 1.165) is 41.0 Å². The van der Waals surface area contributed by atoms with E-state index in [1.807, 2.05) is 12.1 Å². The summed E-state index contributed by atoms with van der Waals surface area (Å²) in [5.41, 5.74) is 0.890. The van der Waals surface area contributed by atoms with Crippen LogP contribution in [0.25, 0.3) is 0 Å². The van der Waals surface area contributed by atoms with Crippen molar-refractivity contribution in [3.8, 4) is 11.5 Å². The third-order valence-corrected chi connectivity index (χ3v) is 4.78. The first-order valence-corrected chi connectivity index (χ1v) is 7.87. The van der Waals surface area contributed by atoms with E-state index in [2.05, 4.69) is 35.1 Å². The first-order chi connectivity index (χ1) is 9.64. The molecule has 0 fully saturated rings. The standard InChI is InChI=1S/C15H22BrNO3/c1-3-15(4-2,10-18)9-17-12-8-14-13(7-11(12)16)19-5-6-20-14/h7-8,17-18H,3-6,9-10H2,1-2H3. The van der Waals surface area contributed by atoms with Crippen molar-refractivity contribution in [3.05, 3.63) is 16.6 Å². The van der Waals surface area contributed by atoms with E-state index < -0.39 is 0 Å². The molecule has 1 aromatic carbocycles. The molecule has 1 aliphatic rings. The molecule has 0 radical (unpaired) electrons. The summed E-state index contributed by atoms with van der Waals surface area (Å²) in [6.45, 7) is 6.31. The second-order valence-corrected chi connectivity index (χ2v) is 6.05. The van der Waals surface area contributed by atoms with Crippen molar-refractivity contribution in [1.29, 1.82) is 0 Å². The summed E-state index contributed by atoms with van der Waals surface area (Å²) in [5, 5.41) is 13.0. The molecule has 0 unspecified atom stereocenters. The molecular weight excluding hydrogens is 322 g/mol. The van der Waals surface area contributed by atoms with Gasteiger partial charge in [-0.15, -0.1) is 0 Å². The van der Waals surface area contributed by atoms with Crippen LogP contribution in [0.2, 0.25) is 0 Å². The predicted molar refractivity (Wildman–Crippen MR) is 83.7 cm³/mol. The maximum atomic E-state index is 9.62. The number of halogens is 1. The molecule has 0 amide bonds. The third kappa shape index (κ3) is 3.20. The predicted octanol–water partition coefficient (Wildman–Crippen LogP) is 3.43. The summed E-state index contributed by atoms with van der Waals surface area (Å²) in [4.78, 5) is 0. The van der Waals surface area contributed by atoms with Gasteiger partial charge in [0.1, 0.15) is 13.2 Å². The number of hydrogen-bond acceptors (Lipinski definition) is 4. The Labute approximate surface area is 128 Å². The zero-order valence-corrected chi connectivity index (χ0v) is 13.6. The van der Waals surface area contributed by atoms with E-state index in [1.54, 1.807) is 0 Å². The molecule has 5 heteroatoms.